The highest BCUT2D eigenvalue weighted by Crippen LogP contribution is 2.31. The maximum Gasteiger partial charge on any atom is 0.274 e. The van der Waals surface area contributed by atoms with Crippen LogP contribution in [0.2, 0.25) is 0 Å². The zero-order valence-corrected chi connectivity index (χ0v) is 16.6. The second kappa shape index (κ2) is 8.30. The van der Waals surface area contributed by atoms with Gasteiger partial charge in [-0.3, -0.25) is 9.78 Å². The standard InChI is InChI=1S/C17H18N6OS.C2H6/c1-10(11-5-2-3-6-19-11)20-17-21-12-9-13(18)25-15(12)14(22-17)16(24)23-7-4-8-23;1-2/h2-3,5-6,9-10H,4,7-8,18H2,1H3,(H,20,21,22);1-2H3. The molecule has 0 spiro atoms. The van der Waals surface area contributed by atoms with Crippen LogP contribution in [0.3, 0.4) is 0 Å². The second-order valence-electron chi connectivity index (χ2n) is 6.03. The predicted molar refractivity (Wildman–Crippen MR) is 110 cm³/mol. The van der Waals surface area contributed by atoms with Crippen molar-refractivity contribution in [2.75, 3.05) is 24.1 Å². The van der Waals surface area contributed by atoms with Gasteiger partial charge in [0.15, 0.2) is 5.69 Å². The zero-order valence-electron chi connectivity index (χ0n) is 15.8. The fourth-order valence-corrected chi connectivity index (χ4v) is 3.57. The van der Waals surface area contributed by atoms with Gasteiger partial charge < -0.3 is 16.0 Å². The van der Waals surface area contributed by atoms with Crippen molar-refractivity contribution >= 4 is 38.4 Å². The molecule has 1 aliphatic heterocycles. The predicted octanol–water partition coefficient (Wildman–Crippen LogP) is 3.71. The van der Waals surface area contributed by atoms with E-state index in [1.807, 2.05) is 39.0 Å². The number of nitrogens with two attached hydrogens (primary N) is 1. The van der Waals surface area contributed by atoms with E-state index in [1.54, 1.807) is 17.2 Å². The second-order valence-corrected chi connectivity index (χ2v) is 7.11. The molecule has 0 aliphatic carbocycles. The number of likely N-dealkylation sites (tertiary alicyclic amines) is 1. The maximum absolute atomic E-state index is 12.7. The van der Waals surface area contributed by atoms with Gasteiger partial charge in [-0.15, -0.1) is 11.3 Å². The van der Waals surface area contributed by atoms with Crippen LogP contribution < -0.4 is 11.1 Å². The Hall–Kier alpha value is -2.74. The number of carbonyl (C=O) groups is 1. The summed E-state index contributed by atoms with van der Waals surface area (Å²) in [6, 6.07) is 7.44. The lowest BCUT2D eigenvalue weighted by atomic mass is 10.2. The Morgan fingerprint density at radius 2 is 2.07 bits per heavy atom. The topological polar surface area (TPSA) is 97.0 Å². The number of fused-ring (bicyclic) bond motifs is 1. The lowest BCUT2D eigenvalue weighted by Gasteiger charge is -2.30. The van der Waals surface area contributed by atoms with Gasteiger partial charge in [-0.2, -0.15) is 0 Å². The first-order valence-electron chi connectivity index (χ1n) is 9.15. The van der Waals surface area contributed by atoms with Crippen molar-refractivity contribution in [3.63, 3.8) is 0 Å². The Balaban J connectivity index is 0.00000102. The molecule has 1 saturated heterocycles. The largest absolute Gasteiger partial charge is 0.391 e. The SMILES string of the molecule is CC.CC(Nc1nc(C(=O)N2CCC2)c2sc(N)cc2n1)c1ccccn1. The normalized spacial score (nSPS) is 14.1. The van der Waals surface area contributed by atoms with Gasteiger partial charge in [0.25, 0.3) is 5.91 Å². The third kappa shape index (κ3) is 4.00. The van der Waals surface area contributed by atoms with E-state index in [-0.39, 0.29) is 11.9 Å². The summed E-state index contributed by atoms with van der Waals surface area (Å²) in [4.78, 5) is 27.9. The minimum atomic E-state index is -0.0819. The summed E-state index contributed by atoms with van der Waals surface area (Å²) in [5.74, 6) is 0.348. The van der Waals surface area contributed by atoms with Gasteiger partial charge in [-0.05, 0) is 31.5 Å². The number of nitrogens with zero attached hydrogens (tertiary/aromatic N) is 4. The molecule has 4 rings (SSSR count). The summed E-state index contributed by atoms with van der Waals surface area (Å²) >= 11 is 1.35. The van der Waals surface area contributed by atoms with Crippen LogP contribution >= 0.6 is 11.3 Å². The van der Waals surface area contributed by atoms with Crippen molar-refractivity contribution in [3.05, 3.63) is 41.9 Å². The molecule has 8 heteroatoms. The van der Waals surface area contributed by atoms with Crippen LogP contribution in [-0.4, -0.2) is 38.8 Å². The van der Waals surface area contributed by atoms with Gasteiger partial charge >= 0.3 is 0 Å². The van der Waals surface area contributed by atoms with Gasteiger partial charge in [0.05, 0.1) is 27.0 Å². The highest BCUT2D eigenvalue weighted by molar-refractivity contribution is 7.22. The number of pyridine rings is 1. The molecule has 1 fully saturated rings. The fourth-order valence-electron chi connectivity index (χ4n) is 2.73. The molecule has 0 aromatic carbocycles. The van der Waals surface area contributed by atoms with Crippen LogP contribution in [0.5, 0.6) is 0 Å². The average molecular weight is 385 g/mol. The van der Waals surface area contributed by atoms with E-state index < -0.39 is 0 Å². The lowest BCUT2D eigenvalue weighted by Crippen LogP contribution is -2.42. The van der Waals surface area contributed by atoms with Gasteiger partial charge in [0.1, 0.15) is 0 Å². The van der Waals surface area contributed by atoms with Crippen molar-refractivity contribution in [2.24, 2.45) is 0 Å². The molecular weight excluding hydrogens is 360 g/mol. The van der Waals surface area contributed by atoms with Crippen molar-refractivity contribution in [3.8, 4) is 0 Å². The number of anilines is 2. The highest BCUT2D eigenvalue weighted by atomic mass is 32.1. The quantitative estimate of drug-likeness (QED) is 0.712. The van der Waals surface area contributed by atoms with Gasteiger partial charge in [-0.25, -0.2) is 9.97 Å². The minimum Gasteiger partial charge on any atom is -0.391 e. The monoisotopic (exact) mass is 384 g/mol. The maximum atomic E-state index is 12.7. The number of hydrogen-bond acceptors (Lipinski definition) is 7. The smallest absolute Gasteiger partial charge is 0.274 e. The van der Waals surface area contributed by atoms with Crippen LogP contribution in [0, 0.1) is 0 Å². The Labute approximate surface area is 162 Å². The number of nitrogens with one attached hydrogen (secondary N) is 1. The summed E-state index contributed by atoms with van der Waals surface area (Å²) in [5, 5.41) is 3.86. The third-order valence-electron chi connectivity index (χ3n) is 4.21. The summed E-state index contributed by atoms with van der Waals surface area (Å²) in [5.41, 5.74) is 7.91. The van der Waals surface area contributed by atoms with E-state index >= 15 is 0 Å². The molecule has 142 valence electrons. The van der Waals surface area contributed by atoms with Gasteiger partial charge in [0.2, 0.25) is 5.95 Å². The number of amides is 1. The molecule has 0 saturated carbocycles. The van der Waals surface area contributed by atoms with Crippen LogP contribution in [0.25, 0.3) is 10.2 Å². The molecular formula is C19H24N6OS. The molecule has 1 atom stereocenters. The van der Waals surface area contributed by atoms with Crippen molar-refractivity contribution in [1.29, 1.82) is 0 Å². The van der Waals surface area contributed by atoms with Crippen LogP contribution in [0.15, 0.2) is 30.5 Å². The molecule has 4 heterocycles. The molecule has 1 amide bonds. The van der Waals surface area contributed by atoms with Gasteiger partial charge in [0, 0.05) is 19.3 Å². The van der Waals surface area contributed by atoms with Crippen LogP contribution in [0.1, 0.15) is 49.4 Å². The van der Waals surface area contributed by atoms with Crippen molar-refractivity contribution in [2.45, 2.75) is 33.2 Å². The molecule has 1 aliphatic rings. The van der Waals surface area contributed by atoms with E-state index in [2.05, 4.69) is 20.3 Å². The van der Waals surface area contributed by atoms with E-state index in [1.165, 1.54) is 11.3 Å². The molecule has 3 aromatic rings. The molecule has 1 unspecified atom stereocenters. The zero-order chi connectivity index (χ0) is 19.4. The molecule has 27 heavy (non-hydrogen) atoms. The van der Waals surface area contributed by atoms with Crippen molar-refractivity contribution in [1.82, 2.24) is 19.9 Å². The number of carbonyl (C=O) groups excluding carboxylic acids is 1. The molecule has 0 bridgehead atoms. The Morgan fingerprint density at radius 1 is 1.30 bits per heavy atom. The Kier molecular flexibility index (Phi) is 5.85. The van der Waals surface area contributed by atoms with E-state index in [4.69, 9.17) is 5.73 Å². The summed E-state index contributed by atoms with van der Waals surface area (Å²) in [7, 11) is 0. The van der Waals surface area contributed by atoms with Crippen LogP contribution in [0.4, 0.5) is 10.9 Å². The highest BCUT2D eigenvalue weighted by Gasteiger charge is 2.26. The summed E-state index contributed by atoms with van der Waals surface area (Å²) < 4.78 is 0.741. The number of hydrogen-bond donors (Lipinski definition) is 2. The number of nitrogen functional groups attached to an aromatic ring is 1. The van der Waals surface area contributed by atoms with E-state index in [0.29, 0.717) is 22.2 Å². The number of thiophene rings is 1. The third-order valence-corrected chi connectivity index (χ3v) is 5.17. The summed E-state index contributed by atoms with van der Waals surface area (Å²) in [6.07, 6.45) is 2.78. The Morgan fingerprint density at radius 3 is 2.70 bits per heavy atom. The fraction of sp³-hybridized carbons (Fsp3) is 0.368. The first kappa shape index (κ1) is 19.0. The molecule has 0 radical (unpaired) electrons. The Bertz CT molecular complexity index is 923. The molecule has 3 aromatic heterocycles. The lowest BCUT2D eigenvalue weighted by molar-refractivity contribution is 0.0648. The molecule has 7 nitrogen and oxygen atoms in total. The summed E-state index contributed by atoms with van der Waals surface area (Å²) in [6.45, 7) is 7.53. The number of rotatable bonds is 4. The van der Waals surface area contributed by atoms with Crippen LogP contribution in [-0.2, 0) is 0 Å². The first-order chi connectivity index (χ1) is 13.1. The average Bonchev–Trinajstić information content (AvgIpc) is 3.02. The number of aromatic nitrogens is 3. The van der Waals surface area contributed by atoms with E-state index in [0.717, 1.165) is 29.9 Å². The van der Waals surface area contributed by atoms with Crippen molar-refractivity contribution < 1.29 is 4.79 Å². The first-order valence-corrected chi connectivity index (χ1v) is 9.97. The molecule has 3 N–H and O–H groups in total. The van der Waals surface area contributed by atoms with Gasteiger partial charge in [-0.1, -0.05) is 19.9 Å². The minimum absolute atomic E-state index is 0.0611. The van der Waals surface area contributed by atoms with E-state index in [9.17, 15) is 4.79 Å².